The van der Waals surface area contributed by atoms with Crippen LogP contribution in [0.4, 0.5) is 10.5 Å². The largest absolute Gasteiger partial charge is 0.450 e. The Bertz CT molecular complexity index is 353. The van der Waals surface area contributed by atoms with E-state index < -0.39 is 0 Å². The summed E-state index contributed by atoms with van der Waals surface area (Å²) in [6.07, 6.45) is 1.83. The van der Waals surface area contributed by atoms with Gasteiger partial charge in [-0.2, -0.15) is 11.3 Å². The number of ether oxygens (including phenoxy) is 1. The SMILES string of the molecule is CCOC(=O)NC1CCCN(c2ccsc2)C1. The van der Waals surface area contributed by atoms with Crippen molar-refractivity contribution >= 4 is 23.1 Å². The standard InChI is InChI=1S/C12H18N2O2S/c1-2-16-12(15)13-10-4-3-6-14(8-10)11-5-7-17-9-11/h5,7,9-10H,2-4,6,8H2,1H3,(H,13,15). The van der Waals surface area contributed by atoms with Gasteiger partial charge in [0.15, 0.2) is 0 Å². The van der Waals surface area contributed by atoms with Gasteiger partial charge in [0.2, 0.25) is 0 Å². The highest BCUT2D eigenvalue weighted by molar-refractivity contribution is 7.08. The van der Waals surface area contributed by atoms with Gasteiger partial charge in [0.05, 0.1) is 6.61 Å². The number of thiophene rings is 1. The van der Waals surface area contributed by atoms with Gasteiger partial charge < -0.3 is 15.0 Å². The molecule has 0 saturated carbocycles. The van der Waals surface area contributed by atoms with Crippen LogP contribution in [0.2, 0.25) is 0 Å². The Morgan fingerprint density at radius 1 is 1.71 bits per heavy atom. The second-order valence-corrected chi connectivity index (χ2v) is 4.91. The summed E-state index contributed by atoms with van der Waals surface area (Å²) in [5, 5.41) is 7.14. The van der Waals surface area contributed by atoms with Crippen LogP contribution in [0.5, 0.6) is 0 Å². The molecule has 5 heteroatoms. The second-order valence-electron chi connectivity index (χ2n) is 4.13. The number of hydrogen-bond acceptors (Lipinski definition) is 4. The molecule has 0 bridgehead atoms. The molecule has 1 saturated heterocycles. The molecule has 0 aliphatic carbocycles. The average molecular weight is 254 g/mol. The number of hydrogen-bond donors (Lipinski definition) is 1. The van der Waals surface area contributed by atoms with E-state index in [1.807, 2.05) is 6.92 Å². The quantitative estimate of drug-likeness (QED) is 0.901. The van der Waals surface area contributed by atoms with Crippen LogP contribution in [0.1, 0.15) is 19.8 Å². The number of nitrogens with zero attached hydrogens (tertiary/aromatic N) is 1. The van der Waals surface area contributed by atoms with Crippen molar-refractivity contribution in [3.05, 3.63) is 16.8 Å². The van der Waals surface area contributed by atoms with Crippen LogP contribution in [0, 0.1) is 0 Å². The van der Waals surface area contributed by atoms with E-state index in [2.05, 4.69) is 27.0 Å². The van der Waals surface area contributed by atoms with Crippen molar-refractivity contribution in [1.29, 1.82) is 0 Å². The van der Waals surface area contributed by atoms with Crippen molar-refractivity contribution < 1.29 is 9.53 Å². The number of anilines is 1. The van der Waals surface area contributed by atoms with Crippen molar-refractivity contribution in [3.8, 4) is 0 Å². The summed E-state index contributed by atoms with van der Waals surface area (Å²) in [4.78, 5) is 13.7. The first-order valence-corrected chi connectivity index (χ1v) is 6.94. The third-order valence-electron chi connectivity index (χ3n) is 2.89. The minimum Gasteiger partial charge on any atom is -0.450 e. The highest BCUT2D eigenvalue weighted by Gasteiger charge is 2.22. The maximum absolute atomic E-state index is 11.4. The molecule has 1 aromatic heterocycles. The van der Waals surface area contributed by atoms with E-state index in [9.17, 15) is 4.79 Å². The number of carbonyl (C=O) groups is 1. The maximum Gasteiger partial charge on any atom is 0.407 e. The lowest BCUT2D eigenvalue weighted by Crippen LogP contribution is -2.47. The summed E-state index contributed by atoms with van der Waals surface area (Å²) in [6, 6.07) is 2.32. The molecular formula is C12H18N2O2S. The fourth-order valence-electron chi connectivity index (χ4n) is 2.11. The summed E-state index contributed by atoms with van der Waals surface area (Å²) in [5.74, 6) is 0. The molecule has 1 aromatic rings. The van der Waals surface area contributed by atoms with Gasteiger partial charge in [-0.3, -0.25) is 0 Å². The molecular weight excluding hydrogens is 236 g/mol. The van der Waals surface area contributed by atoms with E-state index in [-0.39, 0.29) is 12.1 Å². The zero-order valence-electron chi connectivity index (χ0n) is 10.0. The zero-order chi connectivity index (χ0) is 12.1. The van der Waals surface area contributed by atoms with E-state index in [0.717, 1.165) is 25.9 Å². The molecule has 1 N–H and O–H groups in total. The summed E-state index contributed by atoms with van der Waals surface area (Å²) in [6.45, 7) is 4.18. The number of amides is 1. The second kappa shape index (κ2) is 5.91. The molecule has 2 rings (SSSR count). The van der Waals surface area contributed by atoms with Gasteiger partial charge in [-0.15, -0.1) is 0 Å². The molecule has 2 heterocycles. The average Bonchev–Trinajstić information content (AvgIpc) is 2.83. The van der Waals surface area contributed by atoms with Crippen LogP contribution in [-0.4, -0.2) is 31.8 Å². The first-order chi connectivity index (χ1) is 8.29. The van der Waals surface area contributed by atoms with Crippen LogP contribution in [0.15, 0.2) is 16.8 Å². The molecule has 1 aliphatic rings. The molecule has 0 radical (unpaired) electrons. The minimum absolute atomic E-state index is 0.197. The van der Waals surface area contributed by atoms with Gasteiger partial charge in [-0.25, -0.2) is 4.79 Å². The van der Waals surface area contributed by atoms with Crippen molar-refractivity contribution in [3.63, 3.8) is 0 Å². The van der Waals surface area contributed by atoms with E-state index in [1.54, 1.807) is 11.3 Å². The molecule has 1 aliphatic heterocycles. The monoisotopic (exact) mass is 254 g/mol. The van der Waals surface area contributed by atoms with Gasteiger partial charge in [-0.1, -0.05) is 0 Å². The molecule has 1 fully saturated rings. The first-order valence-electron chi connectivity index (χ1n) is 6.00. The highest BCUT2D eigenvalue weighted by Crippen LogP contribution is 2.22. The van der Waals surface area contributed by atoms with Gasteiger partial charge >= 0.3 is 6.09 Å². The summed E-state index contributed by atoms with van der Waals surface area (Å²) in [7, 11) is 0. The predicted octanol–water partition coefficient (Wildman–Crippen LogP) is 2.46. The molecule has 1 unspecified atom stereocenters. The Morgan fingerprint density at radius 3 is 3.29 bits per heavy atom. The fourth-order valence-corrected chi connectivity index (χ4v) is 2.77. The van der Waals surface area contributed by atoms with Crippen molar-refractivity contribution in [1.82, 2.24) is 5.32 Å². The molecule has 94 valence electrons. The summed E-state index contributed by atoms with van der Waals surface area (Å²) < 4.78 is 4.90. The Kier molecular flexibility index (Phi) is 4.25. The van der Waals surface area contributed by atoms with Crippen LogP contribution in [0.3, 0.4) is 0 Å². The molecule has 1 atom stereocenters. The summed E-state index contributed by atoms with van der Waals surface area (Å²) in [5.41, 5.74) is 1.25. The Morgan fingerprint density at radius 2 is 2.59 bits per heavy atom. The van der Waals surface area contributed by atoms with Gasteiger partial charge in [-0.05, 0) is 31.2 Å². The first kappa shape index (κ1) is 12.2. The van der Waals surface area contributed by atoms with Gasteiger partial charge in [0.25, 0.3) is 0 Å². The number of carbonyl (C=O) groups excluding carboxylic acids is 1. The number of alkyl carbamates (subject to hydrolysis) is 1. The molecule has 1 amide bonds. The lowest BCUT2D eigenvalue weighted by Gasteiger charge is -2.33. The number of piperidine rings is 1. The Labute approximate surface area is 106 Å². The molecule has 0 aromatic carbocycles. The lowest BCUT2D eigenvalue weighted by molar-refractivity contribution is 0.146. The Hall–Kier alpha value is -1.23. The topological polar surface area (TPSA) is 41.6 Å². The lowest BCUT2D eigenvalue weighted by atomic mass is 10.1. The number of nitrogens with one attached hydrogen (secondary N) is 1. The zero-order valence-corrected chi connectivity index (χ0v) is 10.8. The summed E-state index contributed by atoms with van der Waals surface area (Å²) >= 11 is 1.70. The van der Waals surface area contributed by atoms with Crippen molar-refractivity contribution in [2.75, 3.05) is 24.6 Å². The van der Waals surface area contributed by atoms with Crippen LogP contribution < -0.4 is 10.2 Å². The van der Waals surface area contributed by atoms with Crippen LogP contribution in [0.25, 0.3) is 0 Å². The predicted molar refractivity (Wildman–Crippen MR) is 69.7 cm³/mol. The molecule has 4 nitrogen and oxygen atoms in total. The molecule has 0 spiro atoms. The normalized spacial score (nSPS) is 20.1. The smallest absolute Gasteiger partial charge is 0.407 e. The fraction of sp³-hybridized carbons (Fsp3) is 0.583. The van der Waals surface area contributed by atoms with Crippen LogP contribution in [-0.2, 0) is 4.74 Å². The Balaban J connectivity index is 1.87. The van der Waals surface area contributed by atoms with Gasteiger partial charge in [0, 0.05) is 30.2 Å². The van der Waals surface area contributed by atoms with E-state index in [4.69, 9.17) is 4.74 Å². The third kappa shape index (κ3) is 3.36. The highest BCUT2D eigenvalue weighted by atomic mass is 32.1. The van der Waals surface area contributed by atoms with Crippen molar-refractivity contribution in [2.24, 2.45) is 0 Å². The van der Waals surface area contributed by atoms with Crippen molar-refractivity contribution in [2.45, 2.75) is 25.8 Å². The number of rotatable bonds is 3. The van der Waals surface area contributed by atoms with E-state index in [1.165, 1.54) is 5.69 Å². The minimum atomic E-state index is -0.301. The maximum atomic E-state index is 11.4. The van der Waals surface area contributed by atoms with E-state index in [0.29, 0.717) is 6.61 Å². The third-order valence-corrected chi connectivity index (χ3v) is 3.56. The van der Waals surface area contributed by atoms with E-state index >= 15 is 0 Å². The van der Waals surface area contributed by atoms with Gasteiger partial charge in [0.1, 0.15) is 0 Å². The van der Waals surface area contributed by atoms with Crippen LogP contribution >= 0.6 is 11.3 Å². The molecule has 17 heavy (non-hydrogen) atoms.